The highest BCUT2D eigenvalue weighted by Crippen LogP contribution is 2.35. The highest BCUT2D eigenvalue weighted by atomic mass is 16.2. The molecule has 2 saturated heterocycles. The van der Waals surface area contributed by atoms with E-state index in [-0.39, 0.29) is 11.8 Å². The van der Waals surface area contributed by atoms with Crippen LogP contribution in [-0.2, 0) is 9.59 Å². The normalized spacial score (nSPS) is 24.9. The summed E-state index contributed by atoms with van der Waals surface area (Å²) in [6, 6.07) is 0. The van der Waals surface area contributed by atoms with Crippen molar-refractivity contribution in [1.82, 2.24) is 9.80 Å². The molecule has 2 heterocycles. The molecular weight excluding hydrogens is 288 g/mol. The van der Waals surface area contributed by atoms with Gasteiger partial charge in [-0.25, -0.2) is 0 Å². The maximum absolute atomic E-state index is 12.6. The van der Waals surface area contributed by atoms with Gasteiger partial charge in [0.2, 0.25) is 11.8 Å². The Bertz CT molecular complexity index is 466. The van der Waals surface area contributed by atoms with Gasteiger partial charge < -0.3 is 9.80 Å². The van der Waals surface area contributed by atoms with E-state index < -0.39 is 0 Å². The van der Waals surface area contributed by atoms with Crippen LogP contribution in [0.3, 0.4) is 0 Å². The molecule has 0 radical (unpaired) electrons. The first-order valence-electron chi connectivity index (χ1n) is 9.54. The second-order valence-corrected chi connectivity index (χ2v) is 7.24. The average Bonchev–Trinajstić information content (AvgIpc) is 2.61. The van der Waals surface area contributed by atoms with Crippen molar-refractivity contribution in [2.24, 2.45) is 5.92 Å². The van der Waals surface area contributed by atoms with E-state index in [2.05, 4.69) is 6.08 Å². The third-order valence-corrected chi connectivity index (χ3v) is 5.57. The van der Waals surface area contributed by atoms with Gasteiger partial charge in [0.1, 0.15) is 0 Å². The zero-order chi connectivity index (χ0) is 16.1. The topological polar surface area (TPSA) is 40.6 Å². The number of piperidine rings is 2. The molecule has 3 rings (SSSR count). The molecule has 4 heteroatoms. The molecule has 0 spiro atoms. The molecule has 2 fully saturated rings. The molecule has 1 unspecified atom stereocenters. The van der Waals surface area contributed by atoms with E-state index in [1.165, 1.54) is 31.4 Å². The van der Waals surface area contributed by atoms with E-state index in [1.807, 2.05) is 9.80 Å². The third kappa shape index (κ3) is 4.15. The molecule has 0 bridgehead atoms. The van der Waals surface area contributed by atoms with Crippen LogP contribution in [0.1, 0.15) is 70.6 Å². The molecule has 4 nitrogen and oxygen atoms in total. The summed E-state index contributed by atoms with van der Waals surface area (Å²) in [6.07, 6.45) is 13.5. The summed E-state index contributed by atoms with van der Waals surface area (Å²) in [5.74, 6) is 1.08. The average molecular weight is 318 g/mol. The number of hydrogen-bond donors (Lipinski definition) is 0. The predicted molar refractivity (Wildman–Crippen MR) is 90.7 cm³/mol. The van der Waals surface area contributed by atoms with Gasteiger partial charge in [0.15, 0.2) is 0 Å². The second-order valence-electron chi connectivity index (χ2n) is 7.24. The van der Waals surface area contributed by atoms with Crippen molar-refractivity contribution in [3.63, 3.8) is 0 Å². The van der Waals surface area contributed by atoms with Crippen LogP contribution in [-0.4, -0.2) is 41.2 Å². The van der Waals surface area contributed by atoms with Crippen LogP contribution in [0.2, 0.25) is 0 Å². The lowest BCUT2D eigenvalue weighted by atomic mass is 9.85. The Hall–Kier alpha value is -1.32. The molecule has 0 saturated carbocycles. The minimum Gasteiger partial charge on any atom is -0.343 e. The van der Waals surface area contributed by atoms with E-state index in [4.69, 9.17) is 0 Å². The molecule has 2 amide bonds. The van der Waals surface area contributed by atoms with Gasteiger partial charge in [0, 0.05) is 38.2 Å². The number of carbonyl (C=O) groups is 2. The summed E-state index contributed by atoms with van der Waals surface area (Å²) in [4.78, 5) is 28.8. The Morgan fingerprint density at radius 3 is 2.48 bits per heavy atom. The Kier molecular flexibility index (Phi) is 5.74. The molecule has 2 aliphatic heterocycles. The number of carbonyl (C=O) groups excluding carboxylic acids is 2. The Morgan fingerprint density at radius 1 is 0.913 bits per heavy atom. The molecule has 23 heavy (non-hydrogen) atoms. The predicted octanol–water partition coefficient (Wildman–Crippen LogP) is 3.48. The lowest BCUT2D eigenvalue weighted by molar-refractivity contribution is -0.133. The van der Waals surface area contributed by atoms with Crippen molar-refractivity contribution < 1.29 is 9.59 Å². The van der Waals surface area contributed by atoms with Crippen LogP contribution in [0.25, 0.3) is 0 Å². The summed E-state index contributed by atoms with van der Waals surface area (Å²) in [5, 5.41) is 0. The lowest BCUT2D eigenvalue weighted by Gasteiger charge is -2.38. The first-order chi connectivity index (χ1) is 11.3. The maximum Gasteiger partial charge on any atom is 0.226 e. The Balaban J connectivity index is 1.45. The number of hydrogen-bond acceptors (Lipinski definition) is 2. The van der Waals surface area contributed by atoms with Gasteiger partial charge in [-0.2, -0.15) is 0 Å². The van der Waals surface area contributed by atoms with Crippen LogP contribution in [0.4, 0.5) is 0 Å². The standard InChI is InChI=1S/C19H30N2O2/c22-18(20-13-4-1-5-14-20)11-6-12-19(23)21-15-7-9-16-8-2-3-10-17(16)21/h10,16H,1-9,11-15H2. The van der Waals surface area contributed by atoms with Gasteiger partial charge in [0.05, 0.1) is 0 Å². The largest absolute Gasteiger partial charge is 0.343 e. The van der Waals surface area contributed by atoms with Crippen LogP contribution in [0, 0.1) is 5.92 Å². The summed E-state index contributed by atoms with van der Waals surface area (Å²) >= 11 is 0. The molecule has 0 aromatic carbocycles. The van der Waals surface area contributed by atoms with Crippen LogP contribution >= 0.6 is 0 Å². The molecule has 0 aromatic heterocycles. The summed E-state index contributed by atoms with van der Waals surface area (Å²) in [7, 11) is 0. The van der Waals surface area contributed by atoms with Crippen LogP contribution in [0.5, 0.6) is 0 Å². The zero-order valence-corrected chi connectivity index (χ0v) is 14.3. The summed E-state index contributed by atoms with van der Waals surface area (Å²) < 4.78 is 0. The molecule has 3 aliphatic rings. The van der Waals surface area contributed by atoms with Crippen molar-refractivity contribution in [2.45, 2.75) is 70.6 Å². The molecule has 128 valence electrons. The van der Waals surface area contributed by atoms with Gasteiger partial charge in [-0.3, -0.25) is 9.59 Å². The first-order valence-corrected chi connectivity index (χ1v) is 9.54. The van der Waals surface area contributed by atoms with Gasteiger partial charge in [-0.1, -0.05) is 6.08 Å². The van der Waals surface area contributed by atoms with Crippen molar-refractivity contribution in [1.29, 1.82) is 0 Å². The lowest BCUT2D eigenvalue weighted by Crippen LogP contribution is -2.39. The van der Waals surface area contributed by atoms with Gasteiger partial charge in [-0.05, 0) is 63.7 Å². The molecule has 0 aromatic rings. The van der Waals surface area contributed by atoms with Gasteiger partial charge >= 0.3 is 0 Å². The summed E-state index contributed by atoms with van der Waals surface area (Å²) in [5.41, 5.74) is 1.29. The minimum atomic E-state index is 0.231. The van der Waals surface area contributed by atoms with E-state index in [0.717, 1.165) is 45.3 Å². The van der Waals surface area contributed by atoms with E-state index in [0.29, 0.717) is 25.2 Å². The Labute approximate surface area is 139 Å². The monoisotopic (exact) mass is 318 g/mol. The van der Waals surface area contributed by atoms with E-state index in [1.54, 1.807) is 0 Å². The quantitative estimate of drug-likeness (QED) is 0.796. The number of nitrogens with zero attached hydrogens (tertiary/aromatic N) is 2. The fourth-order valence-corrected chi connectivity index (χ4v) is 4.27. The molecule has 0 N–H and O–H groups in total. The van der Waals surface area contributed by atoms with Crippen LogP contribution < -0.4 is 0 Å². The number of amides is 2. The Morgan fingerprint density at radius 2 is 1.65 bits per heavy atom. The van der Waals surface area contributed by atoms with E-state index >= 15 is 0 Å². The molecular formula is C19H30N2O2. The van der Waals surface area contributed by atoms with Crippen molar-refractivity contribution >= 4 is 11.8 Å². The van der Waals surface area contributed by atoms with Crippen LogP contribution in [0.15, 0.2) is 11.8 Å². The second kappa shape index (κ2) is 7.98. The smallest absolute Gasteiger partial charge is 0.226 e. The zero-order valence-electron chi connectivity index (χ0n) is 14.3. The molecule has 1 aliphatic carbocycles. The minimum absolute atomic E-state index is 0.231. The van der Waals surface area contributed by atoms with Gasteiger partial charge in [-0.15, -0.1) is 0 Å². The fraction of sp³-hybridized carbons (Fsp3) is 0.789. The summed E-state index contributed by atoms with van der Waals surface area (Å²) in [6.45, 7) is 2.70. The van der Waals surface area contributed by atoms with Crippen molar-refractivity contribution in [3.8, 4) is 0 Å². The third-order valence-electron chi connectivity index (χ3n) is 5.57. The SMILES string of the molecule is O=C(CCCC(=O)N1CCCC2CCCC=C21)N1CCCCC1. The number of rotatable bonds is 4. The highest BCUT2D eigenvalue weighted by Gasteiger charge is 2.30. The highest BCUT2D eigenvalue weighted by molar-refractivity contribution is 5.80. The first kappa shape index (κ1) is 16.5. The maximum atomic E-state index is 12.6. The number of allylic oxidation sites excluding steroid dienone is 2. The fourth-order valence-electron chi connectivity index (χ4n) is 4.27. The van der Waals surface area contributed by atoms with E-state index in [9.17, 15) is 9.59 Å². The van der Waals surface area contributed by atoms with Crippen molar-refractivity contribution in [3.05, 3.63) is 11.8 Å². The molecule has 1 atom stereocenters. The number of fused-ring (bicyclic) bond motifs is 1. The van der Waals surface area contributed by atoms with Crippen molar-refractivity contribution in [2.75, 3.05) is 19.6 Å². The van der Waals surface area contributed by atoms with Gasteiger partial charge in [0.25, 0.3) is 0 Å². The number of likely N-dealkylation sites (tertiary alicyclic amines) is 2.